The summed E-state index contributed by atoms with van der Waals surface area (Å²) in [7, 11) is 3.99. The lowest BCUT2D eigenvalue weighted by Crippen LogP contribution is -2.41. The average Bonchev–Trinajstić information content (AvgIpc) is 3.33. The van der Waals surface area contributed by atoms with Crippen molar-refractivity contribution < 1.29 is 19.0 Å². The molecule has 1 aliphatic carbocycles. The fourth-order valence-corrected chi connectivity index (χ4v) is 4.23. The third kappa shape index (κ3) is 4.25. The lowest BCUT2D eigenvalue weighted by atomic mass is 9.96. The van der Waals surface area contributed by atoms with E-state index >= 15 is 0 Å². The first-order valence-corrected chi connectivity index (χ1v) is 9.86. The zero-order chi connectivity index (χ0) is 18.8. The second kappa shape index (κ2) is 8.12. The van der Waals surface area contributed by atoms with E-state index in [9.17, 15) is 4.79 Å². The molecule has 3 aliphatic rings. The van der Waals surface area contributed by atoms with Crippen molar-refractivity contribution in [2.24, 2.45) is 0 Å². The molecule has 4 unspecified atom stereocenters. The number of carbonyl (C=O) groups excluding carboxylic acids is 1. The van der Waals surface area contributed by atoms with Gasteiger partial charge in [-0.1, -0.05) is 24.5 Å². The van der Waals surface area contributed by atoms with Gasteiger partial charge in [0.25, 0.3) is 0 Å². The van der Waals surface area contributed by atoms with Crippen LogP contribution in [0.25, 0.3) is 0 Å². The number of aromatic nitrogens is 3. The van der Waals surface area contributed by atoms with Crippen molar-refractivity contribution in [2.75, 3.05) is 27.3 Å². The zero-order valence-corrected chi connectivity index (χ0v) is 16.0. The number of hydrogen-bond acceptors (Lipinski definition) is 7. The summed E-state index contributed by atoms with van der Waals surface area (Å²) in [5.41, 5.74) is 0.904. The highest BCUT2D eigenvalue weighted by Gasteiger charge is 2.50. The molecule has 4 rings (SSSR count). The Morgan fingerprint density at radius 3 is 2.81 bits per heavy atom. The molecule has 3 heterocycles. The summed E-state index contributed by atoms with van der Waals surface area (Å²) >= 11 is 0. The molecular weight excluding hydrogens is 350 g/mol. The standard InChI is InChI=1S/C18H29N5O4/c1-22(2)8-13-9-23(21-20-13)14-10-25-17-15(11-26-16(14)17)27-18(24)19-12-6-4-3-5-7-12/h9,12,14-17H,3-8,10-11H2,1-2H3,(H,19,24). The van der Waals surface area contributed by atoms with Gasteiger partial charge in [0, 0.05) is 12.6 Å². The smallest absolute Gasteiger partial charge is 0.407 e. The summed E-state index contributed by atoms with van der Waals surface area (Å²) in [6, 6.07) is 0.181. The molecule has 1 N–H and O–H groups in total. The van der Waals surface area contributed by atoms with Gasteiger partial charge in [-0.25, -0.2) is 9.48 Å². The van der Waals surface area contributed by atoms with Crippen molar-refractivity contribution in [3.05, 3.63) is 11.9 Å². The van der Waals surface area contributed by atoms with Crippen molar-refractivity contribution in [3.8, 4) is 0 Å². The zero-order valence-electron chi connectivity index (χ0n) is 16.0. The normalized spacial score (nSPS) is 31.2. The van der Waals surface area contributed by atoms with Crippen LogP contribution in [0.2, 0.25) is 0 Å². The number of amides is 1. The van der Waals surface area contributed by atoms with Crippen molar-refractivity contribution in [1.29, 1.82) is 0 Å². The third-order valence-corrected chi connectivity index (χ3v) is 5.54. The number of hydrogen-bond donors (Lipinski definition) is 1. The number of ether oxygens (including phenoxy) is 3. The van der Waals surface area contributed by atoms with Crippen LogP contribution in [0.15, 0.2) is 6.20 Å². The minimum atomic E-state index is -0.381. The molecule has 3 fully saturated rings. The van der Waals surface area contributed by atoms with Crippen LogP contribution < -0.4 is 5.32 Å². The van der Waals surface area contributed by atoms with E-state index in [1.807, 2.05) is 29.9 Å². The largest absolute Gasteiger partial charge is 0.441 e. The Hall–Kier alpha value is -1.71. The monoisotopic (exact) mass is 379 g/mol. The van der Waals surface area contributed by atoms with Gasteiger partial charge in [-0.2, -0.15) is 0 Å². The highest BCUT2D eigenvalue weighted by molar-refractivity contribution is 5.68. The van der Waals surface area contributed by atoms with Gasteiger partial charge >= 0.3 is 6.09 Å². The van der Waals surface area contributed by atoms with E-state index in [1.165, 1.54) is 19.3 Å². The molecule has 2 saturated heterocycles. The van der Waals surface area contributed by atoms with Crippen LogP contribution in [-0.4, -0.2) is 77.6 Å². The van der Waals surface area contributed by atoms with Crippen LogP contribution in [-0.2, 0) is 20.8 Å². The SMILES string of the molecule is CN(C)Cc1cn(C2COC3C(OC(=O)NC4CCCCC4)COC32)nn1. The summed E-state index contributed by atoms with van der Waals surface area (Å²) in [5, 5.41) is 11.4. The van der Waals surface area contributed by atoms with Crippen molar-refractivity contribution in [3.63, 3.8) is 0 Å². The number of nitrogens with zero attached hydrogens (tertiary/aromatic N) is 4. The van der Waals surface area contributed by atoms with Gasteiger partial charge in [0.1, 0.15) is 18.2 Å². The molecule has 0 spiro atoms. The van der Waals surface area contributed by atoms with E-state index in [0.29, 0.717) is 13.2 Å². The van der Waals surface area contributed by atoms with Gasteiger partial charge in [0.2, 0.25) is 0 Å². The quantitative estimate of drug-likeness (QED) is 0.819. The Labute approximate surface area is 159 Å². The molecule has 1 aromatic rings. The predicted octanol–water partition coefficient (Wildman–Crippen LogP) is 1.11. The number of alkyl carbamates (subject to hydrolysis) is 1. The number of nitrogens with one attached hydrogen (secondary N) is 1. The highest BCUT2D eigenvalue weighted by atomic mass is 16.6. The Morgan fingerprint density at radius 1 is 1.26 bits per heavy atom. The molecule has 0 bridgehead atoms. The Morgan fingerprint density at radius 2 is 2.04 bits per heavy atom. The lowest BCUT2D eigenvalue weighted by Gasteiger charge is -2.24. The van der Waals surface area contributed by atoms with E-state index in [1.54, 1.807) is 0 Å². The minimum absolute atomic E-state index is 0.0478. The second-order valence-corrected chi connectivity index (χ2v) is 8.01. The first-order chi connectivity index (χ1) is 13.1. The van der Waals surface area contributed by atoms with Gasteiger partial charge in [-0.15, -0.1) is 5.10 Å². The van der Waals surface area contributed by atoms with Crippen molar-refractivity contribution >= 4 is 6.09 Å². The third-order valence-electron chi connectivity index (χ3n) is 5.54. The topological polar surface area (TPSA) is 90.7 Å². The molecule has 150 valence electrons. The molecule has 1 saturated carbocycles. The van der Waals surface area contributed by atoms with Gasteiger partial charge in [0.15, 0.2) is 6.10 Å². The van der Waals surface area contributed by atoms with Crippen LogP contribution >= 0.6 is 0 Å². The Balaban J connectivity index is 1.31. The van der Waals surface area contributed by atoms with Gasteiger partial charge in [0.05, 0.1) is 25.1 Å². The maximum atomic E-state index is 12.2. The maximum Gasteiger partial charge on any atom is 0.407 e. The molecule has 9 heteroatoms. The van der Waals surface area contributed by atoms with Gasteiger partial charge < -0.3 is 24.4 Å². The van der Waals surface area contributed by atoms with Crippen LogP contribution in [0.5, 0.6) is 0 Å². The maximum absolute atomic E-state index is 12.2. The summed E-state index contributed by atoms with van der Waals surface area (Å²) in [4.78, 5) is 14.3. The van der Waals surface area contributed by atoms with Crippen LogP contribution in [0.3, 0.4) is 0 Å². The van der Waals surface area contributed by atoms with E-state index in [0.717, 1.165) is 25.1 Å². The summed E-state index contributed by atoms with van der Waals surface area (Å²) in [5.74, 6) is 0. The highest BCUT2D eigenvalue weighted by Crippen LogP contribution is 2.35. The van der Waals surface area contributed by atoms with E-state index in [-0.39, 0.29) is 36.5 Å². The second-order valence-electron chi connectivity index (χ2n) is 8.01. The molecule has 1 aromatic heterocycles. The average molecular weight is 379 g/mol. The van der Waals surface area contributed by atoms with E-state index in [2.05, 4.69) is 15.6 Å². The molecule has 9 nitrogen and oxygen atoms in total. The number of fused-ring (bicyclic) bond motifs is 1. The Kier molecular flexibility index (Phi) is 5.60. The molecule has 0 aromatic carbocycles. The predicted molar refractivity (Wildman–Crippen MR) is 96.2 cm³/mol. The Bertz CT molecular complexity index is 645. The first-order valence-electron chi connectivity index (χ1n) is 9.86. The molecule has 4 atom stereocenters. The van der Waals surface area contributed by atoms with E-state index < -0.39 is 0 Å². The molecule has 27 heavy (non-hydrogen) atoms. The van der Waals surface area contributed by atoms with Crippen LogP contribution in [0.1, 0.15) is 43.8 Å². The lowest BCUT2D eigenvalue weighted by molar-refractivity contribution is 0.00170. The summed E-state index contributed by atoms with van der Waals surface area (Å²) in [6.07, 6.45) is 6.41. The van der Waals surface area contributed by atoms with Gasteiger partial charge in [-0.3, -0.25) is 0 Å². The van der Waals surface area contributed by atoms with Crippen molar-refractivity contribution in [2.45, 2.75) is 69.0 Å². The number of carbonyl (C=O) groups is 1. The van der Waals surface area contributed by atoms with Crippen molar-refractivity contribution in [1.82, 2.24) is 25.2 Å². The van der Waals surface area contributed by atoms with Crippen LogP contribution in [0.4, 0.5) is 4.79 Å². The minimum Gasteiger partial charge on any atom is -0.441 e. The van der Waals surface area contributed by atoms with E-state index in [4.69, 9.17) is 14.2 Å². The van der Waals surface area contributed by atoms with Gasteiger partial charge in [-0.05, 0) is 26.9 Å². The molecule has 2 aliphatic heterocycles. The molecular formula is C18H29N5O4. The fraction of sp³-hybridized carbons (Fsp3) is 0.833. The summed E-state index contributed by atoms with van der Waals surface area (Å²) < 4.78 is 19.2. The molecule has 0 radical (unpaired) electrons. The van der Waals surface area contributed by atoms with Crippen LogP contribution in [0, 0.1) is 0 Å². The first kappa shape index (κ1) is 18.6. The fourth-order valence-electron chi connectivity index (χ4n) is 4.23. The molecule has 1 amide bonds. The number of rotatable bonds is 5. The summed E-state index contributed by atoms with van der Waals surface area (Å²) in [6.45, 7) is 1.56.